The minimum atomic E-state index is -1.30. The van der Waals surface area contributed by atoms with Crippen LogP contribution in [0.15, 0.2) is 17.1 Å². The number of nitrogens with zero attached hydrogens (tertiary/aromatic N) is 2. The molecule has 0 aliphatic carbocycles. The van der Waals surface area contributed by atoms with Gasteiger partial charge >= 0.3 is 57.4 Å². The molecule has 140 valence electrons. The van der Waals surface area contributed by atoms with E-state index in [1.54, 1.807) is 4.57 Å². The van der Waals surface area contributed by atoms with Gasteiger partial charge in [-0.15, -0.1) is 0 Å². The summed E-state index contributed by atoms with van der Waals surface area (Å²) in [6.45, 7) is 3.09. The molecule has 6 nitrogen and oxygen atoms in total. The molecular weight excluding hydrogens is 378 g/mol. The van der Waals surface area contributed by atoms with Gasteiger partial charge in [0.15, 0.2) is 0 Å². The van der Waals surface area contributed by atoms with Crippen molar-refractivity contribution in [3.63, 3.8) is 0 Å². The molecule has 0 amide bonds. The fourth-order valence-corrected chi connectivity index (χ4v) is 4.22. The maximum absolute atomic E-state index is 15.0. The Kier molecular flexibility index (Phi) is 6.15. The molecule has 0 spiro atoms. The standard InChI is InChI=1S/C19H21FN2O4.K.H/c1-10-2-3-12-16-13(18(24)14(19(25)26)9-22(10)16)8-15(20)17(12)21-6-4-11(23)5-7-21;;/h8-11,23H,2-7H2,1H3,(H,25,26);;/q;+1;-1/t10-;;/m0../s1. The minimum absolute atomic E-state index is 0. The van der Waals surface area contributed by atoms with Crippen LogP contribution < -0.4 is 61.7 Å². The number of carboxylic acids is 1. The third kappa shape index (κ3) is 3.51. The largest absolute Gasteiger partial charge is 1.00 e. The molecule has 2 aliphatic rings. The molecule has 2 N–H and O–H groups in total. The summed E-state index contributed by atoms with van der Waals surface area (Å²) < 4.78 is 16.8. The van der Waals surface area contributed by atoms with Gasteiger partial charge in [-0.25, -0.2) is 9.18 Å². The molecule has 1 aromatic carbocycles. The van der Waals surface area contributed by atoms with E-state index in [1.165, 1.54) is 12.3 Å². The van der Waals surface area contributed by atoms with Crippen molar-refractivity contribution in [2.45, 2.75) is 44.8 Å². The van der Waals surface area contributed by atoms with Gasteiger partial charge in [-0.3, -0.25) is 4.79 Å². The summed E-state index contributed by atoms with van der Waals surface area (Å²) in [4.78, 5) is 26.0. The molecule has 1 fully saturated rings. The van der Waals surface area contributed by atoms with Crippen molar-refractivity contribution >= 4 is 22.6 Å². The Balaban J connectivity index is 0.00000140. The molecule has 2 aliphatic heterocycles. The molecule has 0 bridgehead atoms. The van der Waals surface area contributed by atoms with Crippen LogP contribution in [0.2, 0.25) is 0 Å². The summed E-state index contributed by atoms with van der Waals surface area (Å²) in [6.07, 6.45) is 3.58. The average molecular weight is 400 g/mol. The molecular formula is C19H22FKN2O4. The molecule has 0 saturated carbocycles. The quantitative estimate of drug-likeness (QED) is 0.660. The summed E-state index contributed by atoms with van der Waals surface area (Å²) in [5.41, 5.74) is 0.932. The third-order valence-electron chi connectivity index (χ3n) is 5.64. The number of anilines is 1. The minimum Gasteiger partial charge on any atom is -1.00 e. The van der Waals surface area contributed by atoms with Crippen molar-refractivity contribution in [2.75, 3.05) is 18.0 Å². The molecule has 8 heteroatoms. The third-order valence-corrected chi connectivity index (χ3v) is 5.64. The number of halogens is 1. The van der Waals surface area contributed by atoms with Gasteiger partial charge in [0, 0.05) is 36.3 Å². The zero-order valence-electron chi connectivity index (χ0n) is 16.5. The first kappa shape index (κ1) is 20.9. The number of aromatic carboxylic acids is 1. The van der Waals surface area contributed by atoms with Gasteiger partial charge in [-0.1, -0.05) is 0 Å². The van der Waals surface area contributed by atoms with E-state index in [0.717, 1.165) is 12.0 Å². The van der Waals surface area contributed by atoms with Gasteiger partial charge in [0.1, 0.15) is 11.4 Å². The van der Waals surface area contributed by atoms with Gasteiger partial charge in [-0.05, 0) is 38.7 Å². The number of hydrogen-bond donors (Lipinski definition) is 2. The zero-order valence-corrected chi connectivity index (χ0v) is 18.7. The van der Waals surface area contributed by atoms with Crippen molar-refractivity contribution in [3.05, 3.63) is 39.4 Å². The van der Waals surface area contributed by atoms with Crippen LogP contribution >= 0.6 is 0 Å². The van der Waals surface area contributed by atoms with Crippen LogP contribution in [-0.4, -0.2) is 39.9 Å². The molecule has 27 heavy (non-hydrogen) atoms. The van der Waals surface area contributed by atoms with Gasteiger partial charge < -0.3 is 21.1 Å². The van der Waals surface area contributed by atoms with E-state index < -0.39 is 17.2 Å². The summed E-state index contributed by atoms with van der Waals surface area (Å²) in [7, 11) is 0. The molecule has 4 rings (SSSR count). The first-order chi connectivity index (χ1) is 12.4. The predicted molar refractivity (Wildman–Crippen MR) is 96.7 cm³/mol. The number of aliphatic hydroxyl groups excluding tert-OH is 1. The average Bonchev–Trinajstić information content (AvgIpc) is 2.60. The van der Waals surface area contributed by atoms with Crippen molar-refractivity contribution in [1.29, 1.82) is 0 Å². The van der Waals surface area contributed by atoms with Crippen LogP contribution in [-0.2, 0) is 6.42 Å². The number of piperidine rings is 1. The van der Waals surface area contributed by atoms with Crippen molar-refractivity contribution < 1.29 is 72.2 Å². The Labute approximate surface area is 199 Å². The fraction of sp³-hybridized carbons (Fsp3) is 0.474. The second kappa shape index (κ2) is 7.92. The Morgan fingerprint density at radius 1 is 1.30 bits per heavy atom. The number of aryl methyl sites for hydroxylation is 1. The van der Waals surface area contributed by atoms with Gasteiger partial charge in [0.05, 0.1) is 17.3 Å². The number of benzene rings is 1. The second-order valence-corrected chi connectivity index (χ2v) is 7.27. The molecule has 3 heterocycles. The van der Waals surface area contributed by atoms with E-state index in [9.17, 15) is 19.8 Å². The molecule has 1 saturated heterocycles. The summed E-state index contributed by atoms with van der Waals surface area (Å²) in [6, 6.07) is 1.22. The normalized spacial score (nSPS) is 19.8. The van der Waals surface area contributed by atoms with Crippen LogP contribution in [0, 0.1) is 5.82 Å². The van der Waals surface area contributed by atoms with E-state index in [0.29, 0.717) is 43.6 Å². The monoisotopic (exact) mass is 400 g/mol. The summed E-state index contributed by atoms with van der Waals surface area (Å²) in [5.74, 6) is -1.79. The number of pyridine rings is 1. The maximum Gasteiger partial charge on any atom is 1.00 e. The van der Waals surface area contributed by atoms with Crippen LogP contribution in [0.3, 0.4) is 0 Å². The van der Waals surface area contributed by atoms with Gasteiger partial charge in [0.25, 0.3) is 0 Å². The Hall–Kier alpha value is -0.774. The maximum atomic E-state index is 15.0. The van der Waals surface area contributed by atoms with Crippen LogP contribution in [0.4, 0.5) is 10.1 Å². The summed E-state index contributed by atoms with van der Waals surface area (Å²) >= 11 is 0. The number of rotatable bonds is 2. The van der Waals surface area contributed by atoms with E-state index in [1.807, 2.05) is 11.8 Å². The summed E-state index contributed by atoms with van der Waals surface area (Å²) in [5, 5.41) is 19.2. The number of hydrogen-bond acceptors (Lipinski definition) is 4. The smallest absolute Gasteiger partial charge is 1.00 e. The zero-order chi connectivity index (χ0) is 18.6. The van der Waals surface area contributed by atoms with Crippen LogP contribution in [0.25, 0.3) is 10.9 Å². The fourth-order valence-electron chi connectivity index (χ4n) is 4.22. The number of aliphatic hydroxyl groups is 1. The van der Waals surface area contributed by atoms with E-state index in [2.05, 4.69) is 0 Å². The van der Waals surface area contributed by atoms with Crippen molar-refractivity contribution in [2.24, 2.45) is 0 Å². The Morgan fingerprint density at radius 2 is 1.96 bits per heavy atom. The molecule has 0 unspecified atom stereocenters. The Morgan fingerprint density at radius 3 is 2.59 bits per heavy atom. The number of carbonyl (C=O) groups is 1. The molecule has 1 aromatic heterocycles. The van der Waals surface area contributed by atoms with Crippen molar-refractivity contribution in [1.82, 2.24) is 4.57 Å². The van der Waals surface area contributed by atoms with Gasteiger partial charge in [0.2, 0.25) is 5.43 Å². The first-order valence-electron chi connectivity index (χ1n) is 8.95. The van der Waals surface area contributed by atoms with Crippen molar-refractivity contribution in [3.8, 4) is 0 Å². The van der Waals surface area contributed by atoms with Crippen LogP contribution in [0.5, 0.6) is 0 Å². The second-order valence-electron chi connectivity index (χ2n) is 7.27. The van der Waals surface area contributed by atoms with E-state index in [-0.39, 0.29) is 75.9 Å². The van der Waals surface area contributed by atoms with E-state index >= 15 is 4.39 Å². The van der Waals surface area contributed by atoms with E-state index in [4.69, 9.17) is 0 Å². The SMILES string of the molecule is C[C@H]1CCc2c(N3CCC(O)CC3)c(F)cc3c(=O)c(C(=O)O)cn1c23.[H-].[K+]. The van der Waals surface area contributed by atoms with Crippen LogP contribution in [0.1, 0.15) is 49.6 Å². The predicted octanol–water partition coefficient (Wildman–Crippen LogP) is -0.576. The number of aromatic nitrogens is 1. The van der Waals surface area contributed by atoms with Gasteiger partial charge in [-0.2, -0.15) is 0 Å². The molecule has 2 aromatic rings. The topological polar surface area (TPSA) is 82.8 Å². The Bertz CT molecular complexity index is 973. The first-order valence-corrected chi connectivity index (χ1v) is 8.95. The molecule has 0 radical (unpaired) electrons. The number of carboxylic acid groups (broad SMARTS) is 1. The molecule has 1 atom stereocenters.